The lowest BCUT2D eigenvalue weighted by Gasteiger charge is -2.11. The SMILES string of the molecule is C/C=C/CCc1cc(F)c(COc2ccc3cc(F)c(F)cc3c2)c(F)c1. The number of fused-ring (bicyclic) bond motifs is 1. The van der Waals surface area contributed by atoms with Gasteiger partial charge in [0.05, 0.1) is 5.56 Å². The first kappa shape index (κ1) is 19.0. The van der Waals surface area contributed by atoms with Gasteiger partial charge in [-0.05, 0) is 72.5 Å². The van der Waals surface area contributed by atoms with Gasteiger partial charge >= 0.3 is 0 Å². The second kappa shape index (κ2) is 8.25. The van der Waals surface area contributed by atoms with Crippen LogP contribution in [0.4, 0.5) is 17.6 Å². The molecular formula is C22H18F4O. The summed E-state index contributed by atoms with van der Waals surface area (Å²) in [6, 6.07) is 9.36. The summed E-state index contributed by atoms with van der Waals surface area (Å²) in [5.41, 5.74) is 0.408. The van der Waals surface area contributed by atoms with E-state index in [1.54, 1.807) is 12.1 Å². The van der Waals surface area contributed by atoms with E-state index in [0.717, 1.165) is 12.1 Å². The van der Waals surface area contributed by atoms with Crippen LogP contribution in [0.15, 0.2) is 54.6 Å². The van der Waals surface area contributed by atoms with Crippen LogP contribution in [0.3, 0.4) is 0 Å². The van der Waals surface area contributed by atoms with E-state index in [1.807, 2.05) is 19.1 Å². The number of hydrogen-bond acceptors (Lipinski definition) is 1. The molecule has 3 aromatic rings. The Balaban J connectivity index is 1.76. The monoisotopic (exact) mass is 374 g/mol. The van der Waals surface area contributed by atoms with Crippen LogP contribution in [-0.2, 0) is 13.0 Å². The lowest BCUT2D eigenvalue weighted by molar-refractivity contribution is 0.293. The first-order valence-electron chi connectivity index (χ1n) is 8.57. The van der Waals surface area contributed by atoms with Crippen molar-refractivity contribution in [3.8, 4) is 5.75 Å². The Labute approximate surface area is 154 Å². The summed E-state index contributed by atoms with van der Waals surface area (Å²) in [6.45, 7) is 1.58. The van der Waals surface area contributed by atoms with Gasteiger partial charge in [-0.3, -0.25) is 0 Å². The van der Waals surface area contributed by atoms with Gasteiger partial charge in [0.1, 0.15) is 24.0 Å². The molecular weight excluding hydrogens is 356 g/mol. The second-order valence-electron chi connectivity index (χ2n) is 6.21. The molecule has 140 valence electrons. The quantitative estimate of drug-likeness (QED) is 0.354. The van der Waals surface area contributed by atoms with Crippen LogP contribution in [0.25, 0.3) is 10.8 Å². The van der Waals surface area contributed by atoms with Gasteiger partial charge in [-0.1, -0.05) is 18.2 Å². The van der Waals surface area contributed by atoms with Crippen LogP contribution in [0, 0.1) is 23.3 Å². The zero-order valence-corrected chi connectivity index (χ0v) is 14.7. The number of rotatable bonds is 6. The van der Waals surface area contributed by atoms with E-state index in [1.165, 1.54) is 18.2 Å². The molecule has 0 spiro atoms. The number of ether oxygens (including phenoxy) is 1. The molecule has 0 fully saturated rings. The number of halogens is 4. The van der Waals surface area contributed by atoms with Crippen molar-refractivity contribution in [2.45, 2.75) is 26.4 Å². The Morgan fingerprint density at radius 2 is 1.48 bits per heavy atom. The molecule has 0 saturated carbocycles. The summed E-state index contributed by atoms with van der Waals surface area (Å²) in [5, 5.41) is 0.941. The largest absolute Gasteiger partial charge is 0.489 e. The lowest BCUT2D eigenvalue weighted by atomic mass is 10.1. The summed E-state index contributed by atoms with van der Waals surface area (Å²) in [4.78, 5) is 0. The molecule has 1 nitrogen and oxygen atoms in total. The number of aryl methyl sites for hydroxylation is 1. The predicted octanol–water partition coefficient (Wildman–Crippen LogP) is 6.48. The van der Waals surface area contributed by atoms with E-state index in [2.05, 4.69) is 0 Å². The van der Waals surface area contributed by atoms with Crippen LogP contribution >= 0.6 is 0 Å². The maximum absolute atomic E-state index is 14.2. The molecule has 27 heavy (non-hydrogen) atoms. The summed E-state index contributed by atoms with van der Waals surface area (Å²) in [6.07, 6.45) is 5.07. The highest BCUT2D eigenvalue weighted by atomic mass is 19.2. The van der Waals surface area contributed by atoms with Crippen LogP contribution in [0.5, 0.6) is 5.75 Å². The number of allylic oxidation sites excluding steroid dienone is 2. The maximum Gasteiger partial charge on any atom is 0.159 e. The van der Waals surface area contributed by atoms with Crippen molar-refractivity contribution in [2.75, 3.05) is 0 Å². The smallest absolute Gasteiger partial charge is 0.159 e. The fraction of sp³-hybridized carbons (Fsp3) is 0.182. The Bertz CT molecular complexity index is 972. The molecule has 0 radical (unpaired) electrons. The molecule has 0 unspecified atom stereocenters. The van der Waals surface area contributed by atoms with Gasteiger partial charge in [-0.25, -0.2) is 17.6 Å². The van der Waals surface area contributed by atoms with Gasteiger partial charge in [-0.15, -0.1) is 0 Å². The first-order valence-corrected chi connectivity index (χ1v) is 8.57. The summed E-state index contributed by atoms with van der Waals surface area (Å²) in [7, 11) is 0. The van der Waals surface area contributed by atoms with Crippen molar-refractivity contribution in [1.82, 2.24) is 0 Å². The Morgan fingerprint density at radius 3 is 2.15 bits per heavy atom. The van der Waals surface area contributed by atoms with E-state index >= 15 is 0 Å². The van der Waals surface area contributed by atoms with E-state index < -0.39 is 23.3 Å². The van der Waals surface area contributed by atoms with Gasteiger partial charge in [0.25, 0.3) is 0 Å². The zero-order valence-electron chi connectivity index (χ0n) is 14.7. The molecule has 0 amide bonds. The third-order valence-corrected chi connectivity index (χ3v) is 4.27. The van der Waals surface area contributed by atoms with Crippen LogP contribution < -0.4 is 4.74 Å². The van der Waals surface area contributed by atoms with Crippen LogP contribution in [0.2, 0.25) is 0 Å². The van der Waals surface area contributed by atoms with Crippen molar-refractivity contribution >= 4 is 10.8 Å². The molecule has 0 aliphatic carbocycles. The Morgan fingerprint density at radius 1 is 0.815 bits per heavy atom. The molecule has 5 heteroatoms. The molecule has 0 bridgehead atoms. The van der Waals surface area contributed by atoms with Gasteiger partial charge in [-0.2, -0.15) is 0 Å². The number of hydrogen-bond donors (Lipinski definition) is 0. The molecule has 3 rings (SSSR count). The van der Waals surface area contributed by atoms with Crippen molar-refractivity contribution in [1.29, 1.82) is 0 Å². The molecule has 0 N–H and O–H groups in total. The highest BCUT2D eigenvalue weighted by Crippen LogP contribution is 2.25. The van der Waals surface area contributed by atoms with Crippen LogP contribution in [0.1, 0.15) is 24.5 Å². The van der Waals surface area contributed by atoms with Gasteiger partial charge in [0, 0.05) is 0 Å². The minimum Gasteiger partial charge on any atom is -0.489 e. The zero-order chi connectivity index (χ0) is 19.4. The molecule has 0 aromatic heterocycles. The topological polar surface area (TPSA) is 9.23 Å². The predicted molar refractivity (Wildman–Crippen MR) is 97.7 cm³/mol. The van der Waals surface area contributed by atoms with Gasteiger partial charge in [0.2, 0.25) is 0 Å². The minimum absolute atomic E-state index is 0.171. The average molecular weight is 374 g/mol. The average Bonchev–Trinajstić information content (AvgIpc) is 2.62. The van der Waals surface area contributed by atoms with E-state index in [0.29, 0.717) is 34.9 Å². The van der Waals surface area contributed by atoms with Crippen molar-refractivity contribution in [2.24, 2.45) is 0 Å². The summed E-state index contributed by atoms with van der Waals surface area (Å²) >= 11 is 0. The fourth-order valence-corrected chi connectivity index (χ4v) is 2.82. The van der Waals surface area contributed by atoms with Gasteiger partial charge < -0.3 is 4.74 Å². The Kier molecular flexibility index (Phi) is 5.79. The van der Waals surface area contributed by atoms with Crippen molar-refractivity contribution < 1.29 is 22.3 Å². The molecule has 0 atom stereocenters. The van der Waals surface area contributed by atoms with E-state index in [9.17, 15) is 17.6 Å². The molecule has 0 aliphatic rings. The standard InChI is InChI=1S/C22H18F4O/c1-2-3-4-5-14-8-19(23)18(20(24)9-14)13-27-17-7-6-15-11-21(25)22(26)12-16(15)10-17/h2-3,6-12H,4-5,13H2,1H3/b3-2+. The normalized spacial score (nSPS) is 11.4. The van der Waals surface area contributed by atoms with E-state index in [-0.39, 0.29) is 12.2 Å². The maximum atomic E-state index is 14.2. The molecule has 0 saturated heterocycles. The van der Waals surface area contributed by atoms with Crippen molar-refractivity contribution in [3.63, 3.8) is 0 Å². The van der Waals surface area contributed by atoms with Gasteiger partial charge in [0.15, 0.2) is 11.6 Å². The molecule has 0 aliphatic heterocycles. The fourth-order valence-electron chi connectivity index (χ4n) is 2.82. The molecule has 0 heterocycles. The Hall–Kier alpha value is -2.82. The summed E-state index contributed by atoms with van der Waals surface area (Å²) in [5.74, 6) is -2.93. The number of benzene rings is 3. The highest BCUT2D eigenvalue weighted by Gasteiger charge is 2.12. The van der Waals surface area contributed by atoms with Crippen molar-refractivity contribution in [3.05, 3.63) is 89.0 Å². The minimum atomic E-state index is -0.967. The third-order valence-electron chi connectivity index (χ3n) is 4.27. The lowest BCUT2D eigenvalue weighted by Crippen LogP contribution is -2.03. The highest BCUT2D eigenvalue weighted by molar-refractivity contribution is 5.84. The third kappa shape index (κ3) is 4.48. The van der Waals surface area contributed by atoms with Crippen LogP contribution in [-0.4, -0.2) is 0 Å². The first-order chi connectivity index (χ1) is 13.0. The van der Waals surface area contributed by atoms with E-state index in [4.69, 9.17) is 4.74 Å². The molecule has 3 aromatic carbocycles. The second-order valence-corrected chi connectivity index (χ2v) is 6.21. The summed E-state index contributed by atoms with van der Waals surface area (Å²) < 4.78 is 60.6.